The molecule has 6 aromatic heterocycles. The Balaban J connectivity index is 0.000000126. The zero-order valence-electron chi connectivity index (χ0n) is 52.0. The molecule has 0 saturated heterocycles. The summed E-state index contributed by atoms with van der Waals surface area (Å²) in [6.07, 6.45) is 1.03. The minimum absolute atomic E-state index is 0. The predicted molar refractivity (Wildman–Crippen MR) is 419 cm³/mol. The molecule has 476 valence electrons. The number of nitrogens with zero attached hydrogens (tertiary/aromatic N) is 6. The molecular formula is C88H63BrN6S4. The molecule has 20 rings (SSSR count). The van der Waals surface area contributed by atoms with Crippen molar-refractivity contribution in [1.82, 2.24) is 24.9 Å². The van der Waals surface area contributed by atoms with Crippen LogP contribution in [-0.2, 0) is 17.3 Å². The highest BCUT2D eigenvalue weighted by Crippen LogP contribution is 2.66. The number of hydrogen-bond acceptors (Lipinski definition) is 10. The molecule has 1 aliphatic heterocycles. The number of fused-ring (bicyclic) bond motifs is 18. The first-order chi connectivity index (χ1) is 48.0. The fourth-order valence-electron chi connectivity index (χ4n) is 15.0. The molecule has 11 heteroatoms. The normalized spacial score (nSPS) is 13.0. The monoisotopic (exact) mass is 1410 g/mol. The van der Waals surface area contributed by atoms with E-state index in [1.807, 2.05) is 155 Å². The minimum Gasteiger partial charge on any atom is -0.310 e. The molecule has 2 spiro atoms. The first kappa shape index (κ1) is 63.1. The molecule has 0 amide bonds. The zero-order chi connectivity index (χ0) is 64.4. The van der Waals surface area contributed by atoms with Crippen LogP contribution in [0.2, 0.25) is 0 Å². The third-order valence-electron chi connectivity index (χ3n) is 19.0. The SMILES string of the molecule is Brc1cccc(-c2nc(-c3ccccc3)nc(-c3ccccc3)n2)c1.C.C.c1ccc(-c2cc(-c3cccc(N4c5ccccc5C5(c6ccccc64)c4ccsc4-c4sccc45)c3)nc(-c3ccccc3)n2)cc1.c1ccc2c(c1)Cc1ccccc1C21c2ccsc2-c2sccc21. The van der Waals surface area contributed by atoms with Crippen LogP contribution < -0.4 is 4.90 Å². The third-order valence-corrected chi connectivity index (χ3v) is 23.5. The second kappa shape index (κ2) is 26.3. The van der Waals surface area contributed by atoms with E-state index < -0.39 is 0 Å². The molecule has 0 saturated carbocycles. The maximum absolute atomic E-state index is 5.14. The van der Waals surface area contributed by atoms with E-state index in [1.165, 1.54) is 86.5 Å². The number of para-hydroxylation sites is 2. The Labute approximate surface area is 601 Å². The molecule has 0 atom stereocenters. The van der Waals surface area contributed by atoms with Crippen LogP contribution in [0, 0.1) is 0 Å². The van der Waals surface area contributed by atoms with Crippen molar-refractivity contribution < 1.29 is 0 Å². The summed E-state index contributed by atoms with van der Waals surface area (Å²) in [7, 11) is 0. The van der Waals surface area contributed by atoms with Gasteiger partial charge >= 0.3 is 0 Å². The molecule has 4 aliphatic rings. The van der Waals surface area contributed by atoms with Crippen LogP contribution in [0.25, 0.3) is 87.6 Å². The minimum atomic E-state index is -0.353. The number of aromatic nitrogens is 5. The Morgan fingerprint density at radius 3 is 1.08 bits per heavy atom. The summed E-state index contributed by atoms with van der Waals surface area (Å²) in [5, 5.41) is 9.03. The summed E-state index contributed by atoms with van der Waals surface area (Å²) in [6.45, 7) is 0. The van der Waals surface area contributed by atoms with E-state index in [1.54, 1.807) is 0 Å². The molecule has 3 aliphatic carbocycles. The van der Waals surface area contributed by atoms with E-state index >= 15 is 0 Å². The van der Waals surface area contributed by atoms with Crippen molar-refractivity contribution in [2.24, 2.45) is 0 Å². The van der Waals surface area contributed by atoms with E-state index in [2.05, 4.69) is 235 Å². The predicted octanol–water partition coefficient (Wildman–Crippen LogP) is 24.7. The van der Waals surface area contributed by atoms with Gasteiger partial charge in [-0.25, -0.2) is 24.9 Å². The van der Waals surface area contributed by atoms with Crippen LogP contribution in [0.3, 0.4) is 0 Å². The van der Waals surface area contributed by atoms with E-state index in [0.29, 0.717) is 23.3 Å². The number of benzene rings is 10. The van der Waals surface area contributed by atoms with Gasteiger partial charge in [-0.15, -0.1) is 45.3 Å². The molecule has 6 nitrogen and oxygen atoms in total. The molecule has 0 unspecified atom stereocenters. The lowest BCUT2D eigenvalue weighted by atomic mass is 9.62. The highest BCUT2D eigenvalue weighted by molar-refractivity contribution is 9.10. The van der Waals surface area contributed by atoms with Crippen LogP contribution in [-0.4, -0.2) is 24.9 Å². The number of rotatable bonds is 7. The third kappa shape index (κ3) is 10.6. The number of anilines is 3. The Morgan fingerprint density at radius 1 is 0.283 bits per heavy atom. The van der Waals surface area contributed by atoms with Gasteiger partial charge in [-0.05, 0) is 150 Å². The maximum atomic E-state index is 5.14. The van der Waals surface area contributed by atoms with Crippen molar-refractivity contribution in [2.75, 3.05) is 4.90 Å². The molecule has 0 radical (unpaired) electrons. The Bertz CT molecular complexity index is 5330. The second-order valence-electron chi connectivity index (χ2n) is 24.3. The number of hydrogen-bond donors (Lipinski definition) is 0. The van der Waals surface area contributed by atoms with Gasteiger partial charge in [0.2, 0.25) is 0 Å². The second-order valence-corrected chi connectivity index (χ2v) is 28.9. The summed E-state index contributed by atoms with van der Waals surface area (Å²) in [5.74, 6) is 2.72. The van der Waals surface area contributed by atoms with Crippen molar-refractivity contribution in [3.05, 3.63) is 379 Å². The Hall–Kier alpha value is -10.6. The highest BCUT2D eigenvalue weighted by atomic mass is 79.9. The van der Waals surface area contributed by atoms with Gasteiger partial charge in [0.25, 0.3) is 0 Å². The van der Waals surface area contributed by atoms with Gasteiger partial charge in [-0.3, -0.25) is 0 Å². The van der Waals surface area contributed by atoms with E-state index in [9.17, 15) is 0 Å². The standard InChI is InChI=1S/C43H27N3S2.C22H14S2.C21H14BrN3.2CH4/c1-3-12-28(13-4-1)36-27-37(45-42(44-36)29-14-5-2-6-15-29)30-16-11-17-31(26-30)46-38-20-9-7-18-32(38)43(33-19-8-10-21-39(33)46)34-22-24-47-40(34)41-35(43)23-25-48-41;1-3-7-16-14(5-1)13-15-6-2-4-8-17(15)22(16)18-9-11-23-20(18)21-19(22)10-12-24-21;22-18-13-7-12-17(14-18)21-24-19(15-8-3-1-4-9-15)23-20(25-21)16-10-5-2-6-11-16;;/h1-27H;1-12H,13H2;1-14H;2*1H4. The summed E-state index contributed by atoms with van der Waals surface area (Å²) < 4.78 is 0.993. The van der Waals surface area contributed by atoms with Gasteiger partial charge in [-0.2, -0.15) is 0 Å². The van der Waals surface area contributed by atoms with E-state index in [-0.39, 0.29) is 25.7 Å². The number of halogens is 1. The molecule has 16 aromatic rings. The van der Waals surface area contributed by atoms with Crippen molar-refractivity contribution in [3.63, 3.8) is 0 Å². The van der Waals surface area contributed by atoms with Gasteiger partial charge < -0.3 is 4.90 Å². The van der Waals surface area contributed by atoms with Crippen LogP contribution in [0.4, 0.5) is 17.1 Å². The van der Waals surface area contributed by atoms with Crippen molar-refractivity contribution >= 4 is 78.3 Å². The summed E-state index contributed by atoms with van der Waals surface area (Å²) in [5.41, 5.74) is 25.1. The smallest absolute Gasteiger partial charge is 0.164 e. The van der Waals surface area contributed by atoms with Crippen LogP contribution >= 0.6 is 61.3 Å². The maximum Gasteiger partial charge on any atom is 0.164 e. The summed E-state index contributed by atoms with van der Waals surface area (Å²) in [4.78, 5) is 32.4. The molecular weight excluding hydrogens is 1350 g/mol. The fourth-order valence-corrected chi connectivity index (χ4v) is 19.6. The van der Waals surface area contributed by atoms with E-state index in [0.717, 1.165) is 61.3 Å². The lowest BCUT2D eigenvalue weighted by Crippen LogP contribution is -2.35. The van der Waals surface area contributed by atoms with Gasteiger partial charge in [-0.1, -0.05) is 261 Å². The van der Waals surface area contributed by atoms with Gasteiger partial charge in [0.1, 0.15) is 0 Å². The summed E-state index contributed by atoms with van der Waals surface area (Å²) in [6, 6.07) is 105. The largest absolute Gasteiger partial charge is 0.310 e. The topological polar surface area (TPSA) is 67.7 Å². The lowest BCUT2D eigenvalue weighted by molar-refractivity contribution is 0.725. The molecule has 0 fully saturated rings. The average molecular weight is 1410 g/mol. The average Bonchev–Trinajstić information content (AvgIpc) is 1.56. The van der Waals surface area contributed by atoms with Crippen molar-refractivity contribution in [2.45, 2.75) is 32.1 Å². The van der Waals surface area contributed by atoms with Gasteiger partial charge in [0.15, 0.2) is 23.3 Å². The quantitative estimate of drug-likeness (QED) is 0.158. The summed E-state index contributed by atoms with van der Waals surface area (Å²) >= 11 is 11.0. The zero-order valence-corrected chi connectivity index (χ0v) is 56.9. The molecule has 0 bridgehead atoms. The van der Waals surface area contributed by atoms with Gasteiger partial charge in [0.05, 0.1) is 33.6 Å². The fraction of sp³-hybridized carbons (Fsp3) is 0.0568. The van der Waals surface area contributed by atoms with Gasteiger partial charge in [0, 0.05) is 63.0 Å². The van der Waals surface area contributed by atoms with Crippen molar-refractivity contribution in [1.29, 1.82) is 0 Å². The molecule has 99 heavy (non-hydrogen) atoms. The number of thiophene rings is 4. The first-order valence-electron chi connectivity index (χ1n) is 32.2. The first-order valence-corrected chi connectivity index (χ1v) is 36.5. The molecule has 10 aromatic carbocycles. The van der Waals surface area contributed by atoms with Crippen molar-refractivity contribution in [3.8, 4) is 87.6 Å². The Morgan fingerprint density at radius 2 is 0.626 bits per heavy atom. The van der Waals surface area contributed by atoms with Crippen LogP contribution in [0.1, 0.15) is 70.5 Å². The van der Waals surface area contributed by atoms with Crippen LogP contribution in [0.15, 0.2) is 323 Å². The highest BCUT2D eigenvalue weighted by Gasteiger charge is 2.54. The van der Waals surface area contributed by atoms with Crippen LogP contribution in [0.5, 0.6) is 0 Å². The Kier molecular flexibility index (Phi) is 16.8. The molecule has 7 heterocycles. The van der Waals surface area contributed by atoms with E-state index in [4.69, 9.17) is 19.9 Å². The lowest BCUT2D eigenvalue weighted by Gasteiger charge is -2.44. The molecule has 0 N–H and O–H groups in total.